The first-order chi connectivity index (χ1) is 9.60. The minimum absolute atomic E-state index is 0.124. The van der Waals surface area contributed by atoms with Gasteiger partial charge in [-0.2, -0.15) is 13.5 Å². The topological polar surface area (TPSA) is 173 Å². The summed E-state index contributed by atoms with van der Waals surface area (Å²) >= 11 is 0. The second-order valence-corrected chi connectivity index (χ2v) is 5.52. The van der Waals surface area contributed by atoms with Gasteiger partial charge in [-0.3, -0.25) is 14.1 Å². The Hall–Kier alpha value is -2.18. The van der Waals surface area contributed by atoms with Crippen molar-refractivity contribution in [2.75, 3.05) is 6.54 Å². The van der Waals surface area contributed by atoms with Crippen molar-refractivity contribution < 1.29 is 31.6 Å². The maximum atomic E-state index is 12.0. The first-order valence-electron chi connectivity index (χ1n) is 5.65. The van der Waals surface area contributed by atoms with Crippen molar-refractivity contribution >= 4 is 28.2 Å². The largest absolute Gasteiger partial charge is 0.418 e. The number of rotatable bonds is 5. The maximum absolute atomic E-state index is 12.0. The summed E-state index contributed by atoms with van der Waals surface area (Å²) in [6.07, 6.45) is 0.938. The normalized spacial score (nSPS) is 25.0. The number of primary amides is 2. The number of hydroxylamine groups is 2. The summed E-state index contributed by atoms with van der Waals surface area (Å²) in [6, 6.07) is -3.10. The second kappa shape index (κ2) is 4.98. The van der Waals surface area contributed by atoms with Crippen LogP contribution in [0.3, 0.4) is 0 Å². The molecule has 2 bridgehead atoms. The van der Waals surface area contributed by atoms with E-state index in [0.29, 0.717) is 5.06 Å². The van der Waals surface area contributed by atoms with E-state index < -0.39 is 40.3 Å². The van der Waals surface area contributed by atoms with Crippen LogP contribution in [0.4, 0.5) is 4.79 Å². The fraction of sp³-hybridized carbons (Fsp3) is 0.444. The lowest BCUT2D eigenvalue weighted by molar-refractivity contribution is -0.121. The molecule has 0 aliphatic carbocycles. The summed E-state index contributed by atoms with van der Waals surface area (Å²) in [4.78, 5) is 35.3. The molecule has 0 aromatic carbocycles. The van der Waals surface area contributed by atoms with Crippen molar-refractivity contribution in [3.8, 4) is 0 Å². The molecule has 1 unspecified atom stereocenters. The third kappa shape index (κ3) is 2.96. The first kappa shape index (κ1) is 15.2. The van der Waals surface area contributed by atoms with Crippen LogP contribution in [0.15, 0.2) is 11.6 Å². The van der Waals surface area contributed by atoms with Crippen LogP contribution in [0.2, 0.25) is 0 Å². The minimum Gasteiger partial charge on any atom is -0.369 e. The van der Waals surface area contributed by atoms with Gasteiger partial charge in [0, 0.05) is 6.42 Å². The lowest BCUT2D eigenvalue weighted by Crippen LogP contribution is -2.47. The second-order valence-electron chi connectivity index (χ2n) is 4.51. The zero-order valence-electron chi connectivity index (χ0n) is 10.5. The summed E-state index contributed by atoms with van der Waals surface area (Å²) in [7, 11) is -4.95. The minimum atomic E-state index is -4.95. The molecule has 0 radical (unpaired) electrons. The molecule has 12 heteroatoms. The van der Waals surface area contributed by atoms with Gasteiger partial charge in [-0.15, -0.1) is 4.28 Å². The molecular weight excluding hydrogens is 308 g/mol. The Kier molecular flexibility index (Phi) is 3.61. The van der Waals surface area contributed by atoms with E-state index in [1.54, 1.807) is 0 Å². The van der Waals surface area contributed by atoms with Gasteiger partial charge in [0.2, 0.25) is 11.8 Å². The van der Waals surface area contributed by atoms with Crippen LogP contribution < -0.4 is 11.5 Å². The highest BCUT2D eigenvalue weighted by atomic mass is 32.3. The molecule has 116 valence electrons. The number of urea groups is 1. The molecule has 0 spiro atoms. The predicted octanol–water partition coefficient (Wildman–Crippen LogP) is -2.50. The number of carbonyl (C=O) groups excluding carboxylic acids is 3. The van der Waals surface area contributed by atoms with Crippen LogP contribution in [0.25, 0.3) is 0 Å². The highest BCUT2D eigenvalue weighted by molar-refractivity contribution is 7.80. The molecule has 2 heterocycles. The molecule has 0 saturated carbocycles. The molecule has 2 rings (SSSR count). The number of nitrogens with zero attached hydrogens (tertiary/aromatic N) is 2. The molecule has 0 aromatic heterocycles. The Balaban J connectivity index is 2.39. The van der Waals surface area contributed by atoms with Crippen molar-refractivity contribution in [2.24, 2.45) is 11.5 Å². The van der Waals surface area contributed by atoms with Gasteiger partial charge in [0.05, 0.1) is 6.54 Å². The van der Waals surface area contributed by atoms with Gasteiger partial charge in [0.15, 0.2) is 0 Å². The van der Waals surface area contributed by atoms with Gasteiger partial charge in [-0.1, -0.05) is 6.08 Å². The van der Waals surface area contributed by atoms with E-state index in [1.807, 2.05) is 0 Å². The van der Waals surface area contributed by atoms with E-state index in [0.717, 1.165) is 4.90 Å². The lowest BCUT2D eigenvalue weighted by Gasteiger charge is -2.27. The van der Waals surface area contributed by atoms with Crippen LogP contribution in [0.1, 0.15) is 6.42 Å². The molecule has 11 nitrogen and oxygen atoms in total. The van der Waals surface area contributed by atoms with Gasteiger partial charge in [0.1, 0.15) is 12.1 Å². The average Bonchev–Trinajstić information content (AvgIpc) is 2.56. The molecule has 1 fully saturated rings. The van der Waals surface area contributed by atoms with Crippen molar-refractivity contribution in [1.82, 2.24) is 9.96 Å². The Labute approximate surface area is 119 Å². The fourth-order valence-electron chi connectivity index (χ4n) is 2.30. The molecule has 21 heavy (non-hydrogen) atoms. The molecule has 5 N–H and O–H groups in total. The Morgan fingerprint density at radius 2 is 2.05 bits per heavy atom. The maximum Gasteiger partial charge on any atom is 0.418 e. The molecule has 1 saturated heterocycles. The number of hydrogen-bond acceptors (Lipinski definition) is 6. The van der Waals surface area contributed by atoms with Gasteiger partial charge in [-0.25, -0.2) is 4.79 Å². The molecule has 2 aliphatic rings. The summed E-state index contributed by atoms with van der Waals surface area (Å²) in [5, 5.41) is 0.368. The van der Waals surface area contributed by atoms with Crippen molar-refractivity contribution in [3.05, 3.63) is 11.6 Å². The van der Waals surface area contributed by atoms with Crippen molar-refractivity contribution in [2.45, 2.75) is 18.5 Å². The summed E-state index contributed by atoms with van der Waals surface area (Å²) in [6.45, 7) is -0.124. The summed E-state index contributed by atoms with van der Waals surface area (Å²) in [5.74, 6) is -1.61. The highest BCUT2D eigenvalue weighted by Gasteiger charge is 2.49. The number of amides is 4. The third-order valence-electron chi connectivity index (χ3n) is 3.07. The summed E-state index contributed by atoms with van der Waals surface area (Å²) < 4.78 is 34.5. The fourth-order valence-corrected chi connectivity index (χ4v) is 2.67. The SMILES string of the molecule is NC(=O)CC1=C[C@@H](C(N)=O)N2CC1N(OS(=O)(=O)O)C2=O. The molecule has 2 atom stereocenters. The van der Waals surface area contributed by atoms with Crippen LogP contribution >= 0.6 is 0 Å². The predicted molar refractivity (Wildman–Crippen MR) is 65.2 cm³/mol. The molecule has 4 amide bonds. The smallest absolute Gasteiger partial charge is 0.369 e. The van der Waals surface area contributed by atoms with E-state index in [9.17, 15) is 22.8 Å². The zero-order valence-corrected chi connectivity index (χ0v) is 11.3. The van der Waals surface area contributed by atoms with Gasteiger partial charge in [-0.05, 0) is 5.57 Å². The number of hydrogen-bond donors (Lipinski definition) is 3. The van der Waals surface area contributed by atoms with Gasteiger partial charge in [0.25, 0.3) is 0 Å². The monoisotopic (exact) mass is 320 g/mol. The quantitative estimate of drug-likeness (QED) is 0.370. The first-order valence-corrected chi connectivity index (χ1v) is 7.01. The zero-order chi connectivity index (χ0) is 15.9. The third-order valence-corrected chi connectivity index (χ3v) is 3.42. The molecule has 2 aliphatic heterocycles. The Morgan fingerprint density at radius 1 is 1.43 bits per heavy atom. The van der Waals surface area contributed by atoms with Crippen LogP contribution in [-0.2, 0) is 24.3 Å². The lowest BCUT2D eigenvalue weighted by atomic mass is 9.96. The van der Waals surface area contributed by atoms with Gasteiger partial charge >= 0.3 is 16.4 Å². The van der Waals surface area contributed by atoms with E-state index >= 15 is 0 Å². The number of fused-ring (bicyclic) bond motifs is 2. The van der Waals surface area contributed by atoms with Crippen LogP contribution in [-0.4, -0.2) is 59.4 Å². The number of carbonyl (C=O) groups is 3. The molecular formula is C9H12N4O7S. The Morgan fingerprint density at radius 3 is 2.52 bits per heavy atom. The van der Waals surface area contributed by atoms with Crippen molar-refractivity contribution in [1.29, 1.82) is 0 Å². The van der Waals surface area contributed by atoms with E-state index in [1.165, 1.54) is 6.08 Å². The van der Waals surface area contributed by atoms with Crippen LogP contribution in [0, 0.1) is 0 Å². The van der Waals surface area contributed by atoms with E-state index in [4.69, 9.17) is 16.0 Å². The standard InChI is InChI=1S/C9H12N4O7S/c10-7(14)2-4-1-5(8(11)15)12-3-6(4)13(9(12)16)20-21(17,18)19/h1,5-6H,2-3H2,(H2,10,14)(H2,11,15)(H,17,18,19)/t5-,6?/m0/s1. The molecule has 0 aromatic rings. The number of nitrogens with two attached hydrogens (primary N) is 2. The van der Waals surface area contributed by atoms with E-state index in [2.05, 4.69) is 4.28 Å². The Bertz CT molecular complexity index is 642. The van der Waals surface area contributed by atoms with Gasteiger partial charge < -0.3 is 16.4 Å². The highest BCUT2D eigenvalue weighted by Crippen LogP contribution is 2.32. The van der Waals surface area contributed by atoms with Crippen molar-refractivity contribution in [3.63, 3.8) is 0 Å². The van der Waals surface area contributed by atoms with Crippen LogP contribution in [0.5, 0.6) is 0 Å². The van der Waals surface area contributed by atoms with E-state index in [-0.39, 0.29) is 18.5 Å². The summed E-state index contributed by atoms with van der Waals surface area (Å²) in [5.41, 5.74) is 10.4. The average molecular weight is 320 g/mol.